The minimum absolute atomic E-state index is 0.290. The van der Waals surface area contributed by atoms with Crippen molar-refractivity contribution in [2.45, 2.75) is 27.4 Å². The van der Waals surface area contributed by atoms with Gasteiger partial charge in [0, 0.05) is 5.70 Å². The maximum absolute atomic E-state index is 12.1. The van der Waals surface area contributed by atoms with Gasteiger partial charge in [0.25, 0.3) is 0 Å². The number of nitrogens with one attached hydrogen (secondary N) is 2. The largest absolute Gasteiger partial charge is 0.457 e. The Labute approximate surface area is 124 Å². The van der Waals surface area contributed by atoms with Gasteiger partial charge in [-0.15, -0.1) is 0 Å². The normalized spacial score (nSPS) is 14.7. The first-order valence-corrected chi connectivity index (χ1v) is 6.86. The third-order valence-electron chi connectivity index (χ3n) is 3.42. The Morgan fingerprint density at radius 1 is 1.30 bits per heavy atom. The van der Waals surface area contributed by atoms with Crippen LogP contribution in [0.25, 0.3) is 0 Å². The predicted octanol–water partition coefficient (Wildman–Crippen LogP) is 2.10. The molecule has 2 rings (SSSR count). The molecule has 0 atom stereocenters. The molecule has 0 aromatic heterocycles. The Morgan fingerprint density at radius 2 is 1.95 bits per heavy atom. The van der Waals surface area contributed by atoms with E-state index in [1.807, 2.05) is 39.0 Å². The van der Waals surface area contributed by atoms with Crippen molar-refractivity contribution in [1.82, 2.24) is 10.6 Å². The van der Waals surface area contributed by atoms with Gasteiger partial charge in [0.1, 0.15) is 6.61 Å². The number of allylic oxidation sites excluding steroid dienone is 1. The number of hydrogen-bond donors (Lipinski definition) is 2. The highest BCUT2D eigenvalue weighted by Crippen LogP contribution is 2.16. The van der Waals surface area contributed by atoms with Crippen LogP contribution in [0, 0.1) is 13.8 Å². The molecule has 20 heavy (non-hydrogen) atoms. The lowest BCUT2D eigenvalue weighted by atomic mass is 10.0. The zero-order valence-electron chi connectivity index (χ0n) is 11.9. The molecule has 0 unspecified atom stereocenters. The second kappa shape index (κ2) is 6.05. The third-order valence-corrected chi connectivity index (χ3v) is 3.66. The molecule has 1 aliphatic rings. The Morgan fingerprint density at radius 3 is 2.55 bits per heavy atom. The zero-order chi connectivity index (χ0) is 14.7. The number of rotatable bonds is 3. The standard InChI is InChI=1S/C15H18N2O2S/c1-9-5-4-6-10(2)13(9)8-19-14(18)12-7-16-15(20)17-11(12)3/h4-6H,7-8H2,1-3H3,(H2,16,17,20). The van der Waals surface area contributed by atoms with Gasteiger partial charge in [0.15, 0.2) is 5.11 Å². The van der Waals surface area contributed by atoms with Gasteiger partial charge in [-0.3, -0.25) is 0 Å². The van der Waals surface area contributed by atoms with Gasteiger partial charge in [-0.2, -0.15) is 0 Å². The fraction of sp³-hybridized carbons (Fsp3) is 0.333. The van der Waals surface area contributed by atoms with E-state index in [0.29, 0.717) is 23.8 Å². The molecule has 0 spiro atoms. The molecular formula is C15H18N2O2S. The van der Waals surface area contributed by atoms with Crippen LogP contribution < -0.4 is 10.6 Å². The molecule has 1 heterocycles. The summed E-state index contributed by atoms with van der Waals surface area (Å²) in [6, 6.07) is 6.03. The van der Waals surface area contributed by atoms with Gasteiger partial charge in [0.05, 0.1) is 12.1 Å². The van der Waals surface area contributed by atoms with Crippen LogP contribution in [0.3, 0.4) is 0 Å². The van der Waals surface area contributed by atoms with Crippen molar-refractivity contribution >= 4 is 23.3 Å². The van der Waals surface area contributed by atoms with Crippen LogP contribution in [0.5, 0.6) is 0 Å². The number of esters is 1. The minimum Gasteiger partial charge on any atom is -0.457 e. The predicted molar refractivity (Wildman–Crippen MR) is 82.1 cm³/mol. The molecule has 0 saturated heterocycles. The topological polar surface area (TPSA) is 50.4 Å². The molecule has 0 saturated carbocycles. The summed E-state index contributed by atoms with van der Waals surface area (Å²) in [7, 11) is 0. The van der Waals surface area contributed by atoms with Gasteiger partial charge < -0.3 is 15.4 Å². The van der Waals surface area contributed by atoms with Gasteiger partial charge in [0.2, 0.25) is 0 Å². The monoisotopic (exact) mass is 290 g/mol. The van der Waals surface area contributed by atoms with E-state index in [2.05, 4.69) is 10.6 Å². The van der Waals surface area contributed by atoms with Crippen molar-refractivity contribution in [2.75, 3.05) is 6.54 Å². The van der Waals surface area contributed by atoms with Crippen LogP contribution in [0.1, 0.15) is 23.6 Å². The molecular weight excluding hydrogens is 272 g/mol. The number of carbonyl (C=O) groups is 1. The lowest BCUT2D eigenvalue weighted by Crippen LogP contribution is -2.42. The summed E-state index contributed by atoms with van der Waals surface area (Å²) < 4.78 is 5.41. The SMILES string of the molecule is CC1=C(C(=O)OCc2c(C)cccc2C)CNC(=S)N1. The Balaban J connectivity index is 2.06. The Kier molecular flexibility index (Phi) is 4.39. The molecule has 4 nitrogen and oxygen atoms in total. The van der Waals surface area contributed by atoms with Crippen LogP contribution in [0.2, 0.25) is 0 Å². The van der Waals surface area contributed by atoms with Crippen LogP contribution in [0.4, 0.5) is 0 Å². The van der Waals surface area contributed by atoms with Gasteiger partial charge in [-0.1, -0.05) is 18.2 Å². The molecule has 0 aliphatic carbocycles. The highest BCUT2D eigenvalue weighted by atomic mass is 32.1. The summed E-state index contributed by atoms with van der Waals surface area (Å²) in [5.41, 5.74) is 4.66. The van der Waals surface area contributed by atoms with Crippen LogP contribution in [0.15, 0.2) is 29.5 Å². The Bertz CT molecular complexity index is 573. The van der Waals surface area contributed by atoms with Crippen molar-refractivity contribution in [2.24, 2.45) is 0 Å². The number of thiocarbonyl (C=S) groups is 1. The van der Waals surface area contributed by atoms with E-state index in [9.17, 15) is 4.79 Å². The lowest BCUT2D eigenvalue weighted by molar-refractivity contribution is -0.140. The molecule has 5 heteroatoms. The molecule has 106 valence electrons. The lowest BCUT2D eigenvalue weighted by Gasteiger charge is -2.21. The third kappa shape index (κ3) is 3.17. The van der Waals surface area contributed by atoms with Crippen molar-refractivity contribution < 1.29 is 9.53 Å². The fourth-order valence-electron chi connectivity index (χ4n) is 2.12. The van der Waals surface area contributed by atoms with Gasteiger partial charge >= 0.3 is 5.97 Å². The Hall–Kier alpha value is -1.88. The van der Waals surface area contributed by atoms with E-state index in [1.165, 1.54) is 0 Å². The maximum atomic E-state index is 12.1. The zero-order valence-corrected chi connectivity index (χ0v) is 12.7. The molecule has 0 amide bonds. The van der Waals surface area contributed by atoms with E-state index >= 15 is 0 Å². The highest BCUT2D eigenvalue weighted by Gasteiger charge is 2.20. The number of aryl methyl sites for hydroxylation is 2. The second-order valence-electron chi connectivity index (χ2n) is 4.86. The average molecular weight is 290 g/mol. The minimum atomic E-state index is -0.312. The first-order chi connectivity index (χ1) is 9.49. The highest BCUT2D eigenvalue weighted by molar-refractivity contribution is 7.80. The molecule has 1 aliphatic heterocycles. The van der Waals surface area contributed by atoms with E-state index in [0.717, 1.165) is 22.4 Å². The summed E-state index contributed by atoms with van der Waals surface area (Å²) in [4.78, 5) is 12.1. The van der Waals surface area contributed by atoms with Crippen LogP contribution in [-0.2, 0) is 16.1 Å². The summed E-state index contributed by atoms with van der Waals surface area (Å²) in [5, 5.41) is 6.39. The van der Waals surface area contributed by atoms with E-state index in [1.54, 1.807) is 0 Å². The number of hydrogen-bond acceptors (Lipinski definition) is 3. The average Bonchev–Trinajstić information content (AvgIpc) is 2.37. The molecule has 1 aromatic carbocycles. The number of ether oxygens (including phenoxy) is 1. The number of carbonyl (C=O) groups excluding carboxylic acids is 1. The van der Waals surface area contributed by atoms with Gasteiger partial charge in [-0.25, -0.2) is 4.79 Å². The summed E-state index contributed by atoms with van der Waals surface area (Å²) in [5.74, 6) is -0.312. The van der Waals surface area contributed by atoms with Crippen molar-refractivity contribution in [1.29, 1.82) is 0 Å². The van der Waals surface area contributed by atoms with Crippen molar-refractivity contribution in [3.05, 3.63) is 46.2 Å². The second-order valence-corrected chi connectivity index (χ2v) is 5.27. The summed E-state index contributed by atoms with van der Waals surface area (Å²) >= 11 is 4.99. The number of benzene rings is 1. The first-order valence-electron chi connectivity index (χ1n) is 6.46. The van der Waals surface area contributed by atoms with Crippen LogP contribution >= 0.6 is 12.2 Å². The maximum Gasteiger partial charge on any atom is 0.337 e. The van der Waals surface area contributed by atoms with E-state index in [-0.39, 0.29) is 5.97 Å². The van der Waals surface area contributed by atoms with Crippen molar-refractivity contribution in [3.8, 4) is 0 Å². The van der Waals surface area contributed by atoms with Crippen LogP contribution in [-0.4, -0.2) is 17.6 Å². The van der Waals surface area contributed by atoms with Gasteiger partial charge in [-0.05, 0) is 49.7 Å². The van der Waals surface area contributed by atoms with Crippen molar-refractivity contribution in [3.63, 3.8) is 0 Å². The van der Waals surface area contributed by atoms with E-state index in [4.69, 9.17) is 17.0 Å². The summed E-state index contributed by atoms with van der Waals surface area (Å²) in [6.45, 7) is 6.55. The first kappa shape index (κ1) is 14.5. The molecule has 0 radical (unpaired) electrons. The molecule has 2 N–H and O–H groups in total. The summed E-state index contributed by atoms with van der Waals surface area (Å²) in [6.07, 6.45) is 0. The molecule has 0 fully saturated rings. The molecule has 1 aromatic rings. The van der Waals surface area contributed by atoms with E-state index < -0.39 is 0 Å². The molecule has 0 bridgehead atoms. The fourth-order valence-corrected chi connectivity index (χ4v) is 2.34. The quantitative estimate of drug-likeness (QED) is 0.659. The smallest absolute Gasteiger partial charge is 0.337 e.